The smallest absolute Gasteiger partial charge is 0.225 e. The molecule has 5 nitrogen and oxygen atoms in total. The fourth-order valence-electron chi connectivity index (χ4n) is 2.18. The lowest BCUT2D eigenvalue weighted by molar-refractivity contribution is 0.202. The van der Waals surface area contributed by atoms with E-state index in [-0.39, 0.29) is 0 Å². The molecule has 1 heterocycles. The van der Waals surface area contributed by atoms with Gasteiger partial charge in [0.1, 0.15) is 0 Å². The molecule has 1 aromatic rings. The average Bonchev–Trinajstić information content (AvgIpc) is 2.43. The van der Waals surface area contributed by atoms with E-state index in [1.165, 1.54) is 0 Å². The molecule has 0 amide bonds. The third-order valence-corrected chi connectivity index (χ3v) is 3.46. The second-order valence-corrected chi connectivity index (χ2v) is 4.64. The fraction of sp³-hybridized carbons (Fsp3) is 0.714. The summed E-state index contributed by atoms with van der Waals surface area (Å²) in [6.45, 7) is 8.33. The molecule has 0 bridgehead atoms. The van der Waals surface area contributed by atoms with Crippen molar-refractivity contribution in [1.82, 2.24) is 9.97 Å². The molecule has 1 aromatic heterocycles. The van der Waals surface area contributed by atoms with Crippen LogP contribution in [0.3, 0.4) is 0 Å². The van der Waals surface area contributed by atoms with Gasteiger partial charge in [-0.15, -0.1) is 0 Å². The maximum absolute atomic E-state index is 5.66. The zero-order valence-corrected chi connectivity index (χ0v) is 12.5. The summed E-state index contributed by atoms with van der Waals surface area (Å²) < 4.78 is 5.19. The number of nitrogens with zero attached hydrogens (tertiary/aromatic N) is 3. The maximum atomic E-state index is 5.66. The van der Waals surface area contributed by atoms with Crippen LogP contribution in [0.4, 0.5) is 5.95 Å². The molecule has 0 fully saturated rings. The molecule has 0 aliphatic rings. The molecule has 1 rings (SSSR count). The van der Waals surface area contributed by atoms with E-state index in [0.29, 0.717) is 19.2 Å². The normalized spacial score (nSPS) is 11.1. The van der Waals surface area contributed by atoms with Gasteiger partial charge in [0, 0.05) is 43.7 Å². The lowest BCUT2D eigenvalue weighted by Gasteiger charge is -2.30. The maximum Gasteiger partial charge on any atom is 0.225 e. The van der Waals surface area contributed by atoms with Crippen molar-refractivity contribution in [1.29, 1.82) is 0 Å². The van der Waals surface area contributed by atoms with Crippen LogP contribution in [0.5, 0.6) is 0 Å². The van der Waals surface area contributed by atoms with Crippen molar-refractivity contribution in [3.63, 3.8) is 0 Å². The van der Waals surface area contributed by atoms with E-state index in [0.717, 1.165) is 36.6 Å². The van der Waals surface area contributed by atoms with Crippen molar-refractivity contribution >= 4 is 5.95 Å². The number of anilines is 1. The first kappa shape index (κ1) is 15.9. The Kier molecular flexibility index (Phi) is 6.73. The Hall–Kier alpha value is -1.20. The van der Waals surface area contributed by atoms with Crippen LogP contribution >= 0.6 is 0 Å². The number of hydrogen-bond acceptors (Lipinski definition) is 5. The highest BCUT2D eigenvalue weighted by atomic mass is 16.5. The average molecular weight is 266 g/mol. The number of aryl methyl sites for hydroxylation is 1. The Bertz CT molecular complexity index is 380. The van der Waals surface area contributed by atoms with Crippen molar-refractivity contribution < 1.29 is 4.74 Å². The van der Waals surface area contributed by atoms with Crippen LogP contribution in [-0.2, 0) is 11.3 Å². The predicted molar refractivity (Wildman–Crippen MR) is 78.3 cm³/mol. The van der Waals surface area contributed by atoms with Gasteiger partial charge in [-0.1, -0.05) is 13.8 Å². The van der Waals surface area contributed by atoms with Crippen molar-refractivity contribution in [2.24, 2.45) is 5.73 Å². The molecule has 5 heteroatoms. The summed E-state index contributed by atoms with van der Waals surface area (Å²) in [6.07, 6.45) is 3.97. The zero-order valence-electron chi connectivity index (χ0n) is 12.5. The van der Waals surface area contributed by atoms with Gasteiger partial charge in [0.2, 0.25) is 5.95 Å². The Morgan fingerprint density at radius 2 is 2.05 bits per heavy atom. The molecule has 0 saturated carbocycles. The predicted octanol–water partition coefficient (Wildman–Crippen LogP) is 1.89. The van der Waals surface area contributed by atoms with Crippen molar-refractivity contribution in [2.45, 2.75) is 46.2 Å². The molecule has 0 aromatic carbocycles. The van der Waals surface area contributed by atoms with E-state index in [1.54, 1.807) is 7.11 Å². The summed E-state index contributed by atoms with van der Waals surface area (Å²) in [7, 11) is 1.72. The third kappa shape index (κ3) is 4.14. The van der Waals surface area contributed by atoms with E-state index in [4.69, 9.17) is 10.5 Å². The van der Waals surface area contributed by atoms with Crippen molar-refractivity contribution in [2.75, 3.05) is 25.2 Å². The highest BCUT2D eigenvalue weighted by Gasteiger charge is 2.18. The number of methoxy groups -OCH3 is 1. The molecule has 0 aliphatic carbocycles. The molecule has 19 heavy (non-hydrogen) atoms. The standard InChI is InChI=1S/C14H26N4O/c1-5-13(6-2)18(7-8-19-4)14-16-10-12(9-15)11(3)17-14/h10,13H,5-9,15H2,1-4H3. The van der Waals surface area contributed by atoms with E-state index in [9.17, 15) is 0 Å². The van der Waals surface area contributed by atoms with Gasteiger partial charge in [0.25, 0.3) is 0 Å². The highest BCUT2D eigenvalue weighted by molar-refractivity contribution is 5.34. The Morgan fingerprint density at radius 3 is 2.53 bits per heavy atom. The van der Waals surface area contributed by atoms with Gasteiger partial charge in [0.05, 0.1) is 6.61 Å². The first-order valence-corrected chi connectivity index (χ1v) is 6.96. The first-order valence-electron chi connectivity index (χ1n) is 6.96. The first-order chi connectivity index (χ1) is 9.17. The summed E-state index contributed by atoms with van der Waals surface area (Å²) in [5, 5.41) is 0. The van der Waals surface area contributed by atoms with Gasteiger partial charge in [-0.05, 0) is 19.8 Å². The second-order valence-electron chi connectivity index (χ2n) is 4.64. The van der Waals surface area contributed by atoms with Gasteiger partial charge < -0.3 is 15.4 Å². The summed E-state index contributed by atoms with van der Waals surface area (Å²) in [5.41, 5.74) is 7.61. The molecule has 0 unspecified atom stereocenters. The van der Waals surface area contributed by atoms with Crippen LogP contribution in [0.25, 0.3) is 0 Å². The summed E-state index contributed by atoms with van der Waals surface area (Å²) in [6, 6.07) is 0.443. The zero-order chi connectivity index (χ0) is 14.3. The molecule has 0 aliphatic heterocycles. The van der Waals surface area contributed by atoms with Crippen molar-refractivity contribution in [3.8, 4) is 0 Å². The molecular formula is C14H26N4O. The molecule has 0 atom stereocenters. The van der Waals surface area contributed by atoms with E-state index in [2.05, 4.69) is 28.7 Å². The molecule has 0 spiro atoms. The topological polar surface area (TPSA) is 64.3 Å². The van der Waals surface area contributed by atoms with Crippen LogP contribution in [0, 0.1) is 6.92 Å². The molecule has 0 radical (unpaired) electrons. The number of nitrogens with two attached hydrogens (primary N) is 1. The monoisotopic (exact) mass is 266 g/mol. The lowest BCUT2D eigenvalue weighted by Crippen LogP contribution is -2.38. The Balaban J connectivity index is 2.98. The second kappa shape index (κ2) is 8.07. The van der Waals surface area contributed by atoms with E-state index in [1.807, 2.05) is 13.1 Å². The van der Waals surface area contributed by atoms with Gasteiger partial charge in [-0.25, -0.2) is 9.97 Å². The largest absolute Gasteiger partial charge is 0.383 e. The minimum atomic E-state index is 0.443. The molecule has 0 saturated heterocycles. The molecular weight excluding hydrogens is 240 g/mol. The highest BCUT2D eigenvalue weighted by Crippen LogP contribution is 2.17. The van der Waals surface area contributed by atoms with E-state index >= 15 is 0 Å². The molecule has 108 valence electrons. The third-order valence-electron chi connectivity index (χ3n) is 3.46. The summed E-state index contributed by atoms with van der Waals surface area (Å²) in [4.78, 5) is 11.3. The number of ether oxygens (including phenoxy) is 1. The van der Waals surface area contributed by atoms with Gasteiger partial charge in [0.15, 0.2) is 0 Å². The van der Waals surface area contributed by atoms with Gasteiger partial charge in [-0.3, -0.25) is 0 Å². The van der Waals surface area contributed by atoms with Crippen LogP contribution < -0.4 is 10.6 Å². The number of hydrogen-bond donors (Lipinski definition) is 1. The number of aromatic nitrogens is 2. The fourth-order valence-corrected chi connectivity index (χ4v) is 2.18. The van der Waals surface area contributed by atoms with E-state index < -0.39 is 0 Å². The lowest BCUT2D eigenvalue weighted by atomic mass is 10.1. The van der Waals surface area contributed by atoms with Crippen molar-refractivity contribution in [3.05, 3.63) is 17.5 Å². The molecule has 2 N–H and O–H groups in total. The minimum Gasteiger partial charge on any atom is -0.383 e. The quantitative estimate of drug-likeness (QED) is 0.778. The SMILES string of the molecule is CCC(CC)N(CCOC)c1ncc(CN)c(C)n1. The minimum absolute atomic E-state index is 0.443. The van der Waals surface area contributed by atoms with Crippen LogP contribution in [-0.4, -0.2) is 36.3 Å². The summed E-state index contributed by atoms with van der Waals surface area (Å²) in [5.74, 6) is 0.778. The van der Waals surface area contributed by atoms with Crippen LogP contribution in [0.2, 0.25) is 0 Å². The number of rotatable bonds is 8. The Labute approximate surface area is 116 Å². The Morgan fingerprint density at radius 1 is 1.37 bits per heavy atom. The van der Waals surface area contributed by atoms with Crippen LogP contribution in [0.15, 0.2) is 6.20 Å². The van der Waals surface area contributed by atoms with Crippen LogP contribution in [0.1, 0.15) is 37.9 Å². The van der Waals surface area contributed by atoms with Gasteiger partial charge >= 0.3 is 0 Å². The van der Waals surface area contributed by atoms with Gasteiger partial charge in [-0.2, -0.15) is 0 Å². The summed E-state index contributed by atoms with van der Waals surface area (Å²) >= 11 is 0.